The Kier molecular flexibility index (Phi) is 7.07. The Bertz CT molecular complexity index is 874. The number of nitrogens with zero attached hydrogens (tertiary/aromatic N) is 3. The lowest BCUT2D eigenvalue weighted by Crippen LogP contribution is -2.38. The standard InChI is InChI=1S/C21H29FN4O6/c1-14(27)23-12-16-13-25(19(28)31-16)15-5-6-18(17(22)11-15)24-7-8-26(30-10-9-24)20(29)32-21(2,3)4/h5-6,11,16H,7-10,12-13H2,1-4H3,(H,23,27)/t16-/m0/s1. The van der Waals surface area contributed by atoms with Crippen LogP contribution in [-0.4, -0.2) is 74.2 Å². The third kappa shape index (κ3) is 6.00. The maximum Gasteiger partial charge on any atom is 0.434 e. The molecule has 3 amide bonds. The number of hydroxylamine groups is 2. The molecule has 0 radical (unpaired) electrons. The number of amides is 3. The lowest BCUT2D eigenvalue weighted by atomic mass is 10.2. The highest BCUT2D eigenvalue weighted by molar-refractivity contribution is 5.90. The van der Waals surface area contributed by atoms with Crippen molar-refractivity contribution in [3.8, 4) is 0 Å². The van der Waals surface area contributed by atoms with Gasteiger partial charge in [0.2, 0.25) is 5.91 Å². The predicted octanol–water partition coefficient (Wildman–Crippen LogP) is 2.28. The van der Waals surface area contributed by atoms with E-state index < -0.39 is 29.7 Å². The van der Waals surface area contributed by atoms with E-state index in [1.807, 2.05) is 0 Å². The molecule has 2 heterocycles. The van der Waals surface area contributed by atoms with Gasteiger partial charge < -0.3 is 19.7 Å². The Labute approximate surface area is 186 Å². The quantitative estimate of drug-likeness (QED) is 0.748. The molecule has 1 aromatic carbocycles. The maximum absolute atomic E-state index is 15.0. The second kappa shape index (κ2) is 9.60. The number of nitrogens with one attached hydrogen (secondary N) is 1. The van der Waals surface area contributed by atoms with E-state index in [9.17, 15) is 18.8 Å². The SMILES string of the molecule is CC(=O)NC[C@H]1CN(c2ccc(N3CCON(C(=O)OC(C)(C)C)CC3)c(F)c2)C(=O)O1. The molecule has 2 aliphatic rings. The molecule has 2 saturated heterocycles. The Balaban J connectivity index is 1.63. The predicted molar refractivity (Wildman–Crippen MR) is 114 cm³/mol. The van der Waals surface area contributed by atoms with Crippen molar-refractivity contribution in [2.45, 2.75) is 39.4 Å². The fourth-order valence-electron chi connectivity index (χ4n) is 3.36. The average Bonchev–Trinajstić information content (AvgIpc) is 2.90. The van der Waals surface area contributed by atoms with Crippen molar-refractivity contribution in [3.63, 3.8) is 0 Å². The molecule has 176 valence electrons. The molecule has 0 aliphatic carbocycles. The van der Waals surface area contributed by atoms with Gasteiger partial charge in [-0.25, -0.2) is 14.0 Å². The molecular formula is C21H29FN4O6. The van der Waals surface area contributed by atoms with Crippen LogP contribution in [0.25, 0.3) is 0 Å². The molecule has 0 spiro atoms. The van der Waals surface area contributed by atoms with Gasteiger partial charge in [-0.1, -0.05) is 0 Å². The van der Waals surface area contributed by atoms with Gasteiger partial charge in [-0.15, -0.1) is 0 Å². The van der Waals surface area contributed by atoms with Crippen LogP contribution in [0, 0.1) is 5.82 Å². The summed E-state index contributed by atoms with van der Waals surface area (Å²) in [6.07, 6.45) is -1.68. The van der Waals surface area contributed by atoms with Crippen LogP contribution in [0.2, 0.25) is 0 Å². The Morgan fingerprint density at radius 1 is 1.25 bits per heavy atom. The second-order valence-electron chi connectivity index (χ2n) is 8.59. The number of rotatable bonds is 4. The highest BCUT2D eigenvalue weighted by atomic mass is 19.1. The van der Waals surface area contributed by atoms with Crippen molar-refractivity contribution in [2.75, 3.05) is 49.1 Å². The Morgan fingerprint density at radius 2 is 2.00 bits per heavy atom. The minimum absolute atomic E-state index is 0.184. The summed E-state index contributed by atoms with van der Waals surface area (Å²) < 4.78 is 25.5. The molecule has 0 saturated carbocycles. The number of cyclic esters (lactones) is 1. The lowest BCUT2D eigenvalue weighted by Gasteiger charge is -2.26. The van der Waals surface area contributed by atoms with Crippen molar-refractivity contribution in [1.29, 1.82) is 0 Å². The summed E-state index contributed by atoms with van der Waals surface area (Å²) in [6, 6.07) is 4.49. The van der Waals surface area contributed by atoms with E-state index in [2.05, 4.69) is 5.32 Å². The number of hydrogen-bond donors (Lipinski definition) is 1. The van der Waals surface area contributed by atoms with Gasteiger partial charge in [-0.2, -0.15) is 5.06 Å². The van der Waals surface area contributed by atoms with Crippen molar-refractivity contribution in [3.05, 3.63) is 24.0 Å². The van der Waals surface area contributed by atoms with Crippen LogP contribution < -0.4 is 15.1 Å². The minimum Gasteiger partial charge on any atom is -0.442 e. The first-order chi connectivity index (χ1) is 15.0. The summed E-state index contributed by atoms with van der Waals surface area (Å²) >= 11 is 0. The summed E-state index contributed by atoms with van der Waals surface area (Å²) in [5.41, 5.74) is 0.0560. The van der Waals surface area contributed by atoms with Gasteiger partial charge in [0.25, 0.3) is 0 Å². The summed E-state index contributed by atoms with van der Waals surface area (Å²) in [5, 5.41) is 3.75. The van der Waals surface area contributed by atoms with E-state index in [4.69, 9.17) is 14.3 Å². The van der Waals surface area contributed by atoms with Gasteiger partial charge in [0.15, 0.2) is 0 Å². The molecule has 1 aromatic rings. The number of ether oxygens (including phenoxy) is 2. The molecule has 2 fully saturated rings. The summed E-state index contributed by atoms with van der Waals surface area (Å²) in [6.45, 7) is 8.20. The smallest absolute Gasteiger partial charge is 0.434 e. The molecule has 32 heavy (non-hydrogen) atoms. The number of hydrogen-bond acceptors (Lipinski definition) is 7. The number of benzene rings is 1. The van der Waals surface area contributed by atoms with Crippen LogP contribution in [0.5, 0.6) is 0 Å². The summed E-state index contributed by atoms with van der Waals surface area (Å²) in [5.74, 6) is -0.729. The fraction of sp³-hybridized carbons (Fsp3) is 0.571. The van der Waals surface area contributed by atoms with Crippen LogP contribution in [0.4, 0.5) is 25.4 Å². The zero-order valence-electron chi connectivity index (χ0n) is 18.7. The van der Waals surface area contributed by atoms with Crippen LogP contribution >= 0.6 is 0 Å². The molecule has 1 atom stereocenters. The monoisotopic (exact) mass is 452 g/mol. The first-order valence-electron chi connectivity index (χ1n) is 10.4. The molecule has 0 aromatic heterocycles. The molecule has 2 aliphatic heterocycles. The second-order valence-corrected chi connectivity index (χ2v) is 8.59. The average molecular weight is 452 g/mol. The van der Waals surface area contributed by atoms with Crippen LogP contribution in [0.3, 0.4) is 0 Å². The Hall–Kier alpha value is -3.08. The minimum atomic E-state index is -0.647. The molecular weight excluding hydrogens is 423 g/mol. The molecule has 0 bridgehead atoms. The van der Waals surface area contributed by atoms with E-state index in [-0.39, 0.29) is 32.1 Å². The van der Waals surface area contributed by atoms with Crippen LogP contribution in [0.1, 0.15) is 27.7 Å². The highest BCUT2D eigenvalue weighted by Gasteiger charge is 2.33. The van der Waals surface area contributed by atoms with Crippen LogP contribution in [-0.2, 0) is 19.1 Å². The first kappa shape index (κ1) is 23.6. The normalized spacial score (nSPS) is 19.5. The van der Waals surface area contributed by atoms with Gasteiger partial charge >= 0.3 is 12.2 Å². The number of carbonyl (C=O) groups is 3. The lowest BCUT2D eigenvalue weighted by molar-refractivity contribution is -0.137. The third-order valence-electron chi connectivity index (χ3n) is 4.81. The van der Waals surface area contributed by atoms with Gasteiger partial charge in [-0.05, 0) is 39.0 Å². The van der Waals surface area contributed by atoms with Gasteiger partial charge in [0.05, 0.1) is 37.6 Å². The van der Waals surface area contributed by atoms with Gasteiger partial charge in [0, 0.05) is 20.0 Å². The number of halogens is 1. The van der Waals surface area contributed by atoms with E-state index in [1.54, 1.807) is 37.8 Å². The van der Waals surface area contributed by atoms with Crippen molar-refractivity contribution in [2.24, 2.45) is 0 Å². The molecule has 10 nitrogen and oxygen atoms in total. The summed E-state index contributed by atoms with van der Waals surface area (Å²) in [4.78, 5) is 44.0. The van der Waals surface area contributed by atoms with Crippen LogP contribution in [0.15, 0.2) is 18.2 Å². The van der Waals surface area contributed by atoms with E-state index in [0.717, 1.165) is 5.06 Å². The van der Waals surface area contributed by atoms with Gasteiger partial charge in [0.1, 0.15) is 17.5 Å². The number of anilines is 2. The molecule has 1 N–H and O–H groups in total. The molecule has 3 rings (SSSR count). The van der Waals surface area contributed by atoms with E-state index in [0.29, 0.717) is 24.5 Å². The van der Waals surface area contributed by atoms with Crippen molar-refractivity contribution < 1.29 is 33.1 Å². The van der Waals surface area contributed by atoms with Crippen molar-refractivity contribution >= 4 is 29.5 Å². The largest absolute Gasteiger partial charge is 0.442 e. The third-order valence-corrected chi connectivity index (χ3v) is 4.81. The fourth-order valence-corrected chi connectivity index (χ4v) is 3.36. The topological polar surface area (TPSA) is 101 Å². The zero-order chi connectivity index (χ0) is 23.5. The zero-order valence-corrected chi connectivity index (χ0v) is 18.7. The molecule has 0 unspecified atom stereocenters. The highest BCUT2D eigenvalue weighted by Crippen LogP contribution is 2.28. The molecule has 11 heteroatoms. The Morgan fingerprint density at radius 3 is 2.66 bits per heavy atom. The van der Waals surface area contributed by atoms with E-state index >= 15 is 0 Å². The maximum atomic E-state index is 15.0. The van der Waals surface area contributed by atoms with Crippen molar-refractivity contribution in [1.82, 2.24) is 10.4 Å². The van der Waals surface area contributed by atoms with E-state index in [1.165, 1.54) is 17.9 Å². The first-order valence-corrected chi connectivity index (χ1v) is 10.4. The van der Waals surface area contributed by atoms with Gasteiger partial charge in [-0.3, -0.25) is 14.5 Å². The number of carbonyl (C=O) groups excluding carboxylic acids is 3. The summed E-state index contributed by atoms with van der Waals surface area (Å²) in [7, 11) is 0.